The first-order chi connectivity index (χ1) is 2.77. The second-order valence-corrected chi connectivity index (χ2v) is 3.46. The van der Waals surface area contributed by atoms with E-state index in [2.05, 4.69) is 0 Å². The molecule has 0 nitrogen and oxygen atoms in total. The molecule has 0 saturated heterocycles. The summed E-state index contributed by atoms with van der Waals surface area (Å²) in [7, 11) is -2.68. The minimum absolute atomic E-state index is 0.526. The lowest BCUT2D eigenvalue weighted by Crippen LogP contribution is -1.51. The molecule has 38 valence electrons. The molecule has 0 aromatic carbocycles. The zero-order chi connectivity index (χ0) is 4.99. The molecular weight excluding hydrogens is 125 g/mol. The molecule has 0 aliphatic heterocycles. The second-order valence-electron chi connectivity index (χ2n) is 0.620. The van der Waals surface area contributed by atoms with Crippen LogP contribution in [0.25, 0.3) is 0 Å². The molecular formula is C2H5F2PS. The van der Waals surface area contributed by atoms with E-state index < -0.39 is 7.74 Å². The van der Waals surface area contributed by atoms with Gasteiger partial charge in [0.05, 0.1) is 0 Å². The van der Waals surface area contributed by atoms with Gasteiger partial charge in [-0.1, -0.05) is 18.3 Å². The van der Waals surface area contributed by atoms with Crippen molar-refractivity contribution in [2.24, 2.45) is 0 Å². The maximum Gasteiger partial charge on any atom is 0.327 e. The van der Waals surface area contributed by atoms with Gasteiger partial charge in [-0.2, -0.15) is 8.39 Å². The van der Waals surface area contributed by atoms with E-state index in [0.717, 1.165) is 11.4 Å². The molecule has 0 rings (SSSR count). The highest BCUT2D eigenvalue weighted by molar-refractivity contribution is 8.52. The molecule has 0 heterocycles. The molecule has 0 amide bonds. The lowest BCUT2D eigenvalue weighted by molar-refractivity contribution is 0.775. The Balaban J connectivity index is 2.63. The van der Waals surface area contributed by atoms with Crippen LogP contribution in [0.2, 0.25) is 0 Å². The lowest BCUT2D eigenvalue weighted by atomic mass is 11.0. The van der Waals surface area contributed by atoms with Crippen LogP contribution in [0.1, 0.15) is 6.92 Å². The van der Waals surface area contributed by atoms with Gasteiger partial charge < -0.3 is 0 Å². The molecule has 0 aliphatic carbocycles. The summed E-state index contributed by atoms with van der Waals surface area (Å²) >= 11 is 0.718. The Bertz CT molecular complexity index is 32.7. The van der Waals surface area contributed by atoms with Gasteiger partial charge in [0.25, 0.3) is 0 Å². The van der Waals surface area contributed by atoms with Crippen LogP contribution in [0.3, 0.4) is 0 Å². The SMILES string of the molecule is CCSP(F)F. The van der Waals surface area contributed by atoms with Crippen molar-refractivity contribution in [1.29, 1.82) is 0 Å². The molecule has 4 heteroatoms. The first kappa shape index (κ1) is 6.64. The van der Waals surface area contributed by atoms with Crippen LogP contribution in [0, 0.1) is 0 Å². The molecule has 0 unspecified atom stereocenters. The Hall–Kier alpha value is 0.640. The first-order valence-corrected chi connectivity index (χ1v) is 4.23. The molecule has 0 spiro atoms. The van der Waals surface area contributed by atoms with Crippen molar-refractivity contribution in [3.05, 3.63) is 0 Å². The summed E-state index contributed by atoms with van der Waals surface area (Å²) in [5.74, 6) is 0.526. The van der Waals surface area contributed by atoms with E-state index in [1.807, 2.05) is 0 Å². The summed E-state index contributed by atoms with van der Waals surface area (Å²) in [5, 5.41) is 0. The molecule has 0 saturated carbocycles. The Morgan fingerprint density at radius 3 is 2.17 bits per heavy atom. The van der Waals surface area contributed by atoms with Crippen LogP contribution in [-0.2, 0) is 0 Å². The van der Waals surface area contributed by atoms with Crippen molar-refractivity contribution in [1.82, 2.24) is 0 Å². The van der Waals surface area contributed by atoms with Crippen molar-refractivity contribution in [3.63, 3.8) is 0 Å². The highest BCUT2D eigenvalue weighted by Gasteiger charge is 1.98. The van der Waals surface area contributed by atoms with Gasteiger partial charge in [-0.3, -0.25) is 0 Å². The van der Waals surface area contributed by atoms with E-state index in [0.29, 0.717) is 5.75 Å². The molecule has 6 heavy (non-hydrogen) atoms. The quantitative estimate of drug-likeness (QED) is 0.518. The van der Waals surface area contributed by atoms with E-state index in [-0.39, 0.29) is 0 Å². The van der Waals surface area contributed by atoms with Gasteiger partial charge in [-0.25, -0.2) is 0 Å². The van der Waals surface area contributed by atoms with Gasteiger partial charge >= 0.3 is 7.74 Å². The zero-order valence-electron chi connectivity index (χ0n) is 3.32. The summed E-state index contributed by atoms with van der Waals surface area (Å²) in [6.45, 7) is 1.72. The van der Waals surface area contributed by atoms with Crippen molar-refractivity contribution in [2.75, 3.05) is 5.75 Å². The van der Waals surface area contributed by atoms with Crippen molar-refractivity contribution in [3.8, 4) is 0 Å². The third-order valence-corrected chi connectivity index (χ3v) is 2.04. The normalized spacial score (nSPS) is 10.0. The van der Waals surface area contributed by atoms with Crippen LogP contribution in [0.5, 0.6) is 0 Å². The standard InChI is InChI=1S/C2H5F2PS/c1-2-6-5(3)4/h2H2,1H3. The van der Waals surface area contributed by atoms with Gasteiger partial charge in [0.1, 0.15) is 0 Å². The van der Waals surface area contributed by atoms with E-state index in [9.17, 15) is 8.39 Å². The van der Waals surface area contributed by atoms with Crippen LogP contribution in [0.4, 0.5) is 8.39 Å². The number of hydrogen-bond acceptors (Lipinski definition) is 1. The fraction of sp³-hybridized carbons (Fsp3) is 1.00. The second kappa shape index (κ2) is 3.82. The summed E-state index contributed by atoms with van der Waals surface area (Å²) in [4.78, 5) is 0. The average Bonchev–Trinajstić information content (AvgIpc) is 1.35. The highest BCUT2D eigenvalue weighted by Crippen LogP contribution is 2.52. The number of hydrogen-bond donors (Lipinski definition) is 0. The smallest absolute Gasteiger partial charge is 0.176 e. The predicted octanol–water partition coefficient (Wildman–Crippen LogP) is 2.91. The fourth-order valence-corrected chi connectivity index (χ4v) is 0.878. The van der Waals surface area contributed by atoms with E-state index in [1.54, 1.807) is 6.92 Å². The molecule has 0 aromatic heterocycles. The Kier molecular flexibility index (Phi) is 4.22. The van der Waals surface area contributed by atoms with Crippen LogP contribution < -0.4 is 0 Å². The maximum atomic E-state index is 11.1. The van der Waals surface area contributed by atoms with Crippen molar-refractivity contribution in [2.45, 2.75) is 6.92 Å². The van der Waals surface area contributed by atoms with Gasteiger partial charge in [0, 0.05) is 0 Å². The topological polar surface area (TPSA) is 0 Å². The number of halogens is 2. The molecule has 0 atom stereocenters. The summed E-state index contributed by atoms with van der Waals surface area (Å²) in [6.07, 6.45) is 0. The minimum atomic E-state index is -2.68. The predicted molar refractivity (Wildman–Crippen MR) is 27.3 cm³/mol. The highest BCUT2D eigenvalue weighted by atomic mass is 32.7. The van der Waals surface area contributed by atoms with E-state index in [1.165, 1.54) is 0 Å². The van der Waals surface area contributed by atoms with Gasteiger partial charge in [0.15, 0.2) is 0 Å². The molecule has 0 aromatic rings. The monoisotopic (exact) mass is 130 g/mol. The number of rotatable bonds is 2. The van der Waals surface area contributed by atoms with Crippen LogP contribution in [0.15, 0.2) is 0 Å². The lowest BCUT2D eigenvalue weighted by Gasteiger charge is -1.85. The van der Waals surface area contributed by atoms with Gasteiger partial charge in [-0.05, 0) is 5.75 Å². The molecule has 0 N–H and O–H groups in total. The van der Waals surface area contributed by atoms with Crippen LogP contribution >= 0.6 is 19.1 Å². The maximum absolute atomic E-state index is 11.1. The third kappa shape index (κ3) is 4.64. The molecule has 0 bridgehead atoms. The Morgan fingerprint density at radius 1 is 1.67 bits per heavy atom. The first-order valence-electron chi connectivity index (χ1n) is 1.52. The average molecular weight is 130 g/mol. The van der Waals surface area contributed by atoms with Crippen molar-refractivity contribution < 1.29 is 8.39 Å². The van der Waals surface area contributed by atoms with Gasteiger partial charge in [0.2, 0.25) is 0 Å². The molecule has 0 fully saturated rings. The zero-order valence-corrected chi connectivity index (χ0v) is 5.03. The Labute approximate surface area is 41.1 Å². The summed E-state index contributed by atoms with van der Waals surface area (Å²) in [5.41, 5.74) is 0. The third-order valence-electron chi connectivity index (χ3n) is 0.227. The summed E-state index contributed by atoms with van der Waals surface area (Å²) in [6, 6.07) is 0. The molecule has 0 radical (unpaired) electrons. The van der Waals surface area contributed by atoms with Gasteiger partial charge in [-0.15, -0.1) is 0 Å². The van der Waals surface area contributed by atoms with E-state index in [4.69, 9.17) is 0 Å². The Morgan fingerprint density at radius 2 is 2.17 bits per heavy atom. The van der Waals surface area contributed by atoms with Crippen LogP contribution in [-0.4, -0.2) is 5.75 Å². The van der Waals surface area contributed by atoms with Crippen molar-refractivity contribution >= 4 is 19.1 Å². The summed E-state index contributed by atoms with van der Waals surface area (Å²) < 4.78 is 22.1. The fourth-order valence-electron chi connectivity index (χ4n) is 0.0976. The van der Waals surface area contributed by atoms with E-state index >= 15 is 0 Å². The molecule has 0 aliphatic rings. The minimum Gasteiger partial charge on any atom is -0.176 e. The largest absolute Gasteiger partial charge is 0.327 e.